The second kappa shape index (κ2) is 4.21. The summed E-state index contributed by atoms with van der Waals surface area (Å²) in [5.74, 6) is -0.224. The van der Waals surface area contributed by atoms with Crippen molar-refractivity contribution in [2.75, 3.05) is 13.1 Å². The molecule has 0 bridgehead atoms. The van der Waals surface area contributed by atoms with Crippen LogP contribution in [-0.2, 0) is 16.1 Å². The lowest BCUT2D eigenvalue weighted by Crippen LogP contribution is -2.32. The predicted molar refractivity (Wildman–Crippen MR) is 50.9 cm³/mol. The zero-order valence-electron chi connectivity index (χ0n) is 7.77. The molecule has 1 aromatic carbocycles. The molecule has 0 aromatic heterocycles. The molecule has 0 aliphatic carbocycles. The smallest absolute Gasteiger partial charge is 0.342 e. The van der Waals surface area contributed by atoms with Gasteiger partial charge in [0, 0.05) is 6.54 Å². The summed E-state index contributed by atoms with van der Waals surface area (Å²) in [6.07, 6.45) is 0.907. The van der Waals surface area contributed by atoms with Gasteiger partial charge in [0.15, 0.2) is 0 Å². The van der Waals surface area contributed by atoms with Gasteiger partial charge in [0.05, 0.1) is 0 Å². The fraction of sp³-hybridized carbons (Fsp3) is 0.300. The summed E-state index contributed by atoms with van der Waals surface area (Å²) in [6.45, 7) is 1.10. The molecule has 1 aliphatic heterocycles. The maximum absolute atomic E-state index is 10.7. The van der Waals surface area contributed by atoms with Gasteiger partial charge in [0.25, 0.3) is 0 Å². The quantitative estimate of drug-likeness (QED) is 0.757. The van der Waals surface area contributed by atoms with Crippen molar-refractivity contribution < 1.29 is 9.63 Å². The summed E-state index contributed by atoms with van der Waals surface area (Å²) >= 11 is 0. The van der Waals surface area contributed by atoms with E-state index < -0.39 is 0 Å². The van der Waals surface area contributed by atoms with Crippen molar-refractivity contribution >= 4 is 5.97 Å². The van der Waals surface area contributed by atoms with Crippen molar-refractivity contribution in [2.45, 2.75) is 6.42 Å². The molecule has 1 saturated heterocycles. The lowest BCUT2D eigenvalue weighted by Gasteiger charge is -2.10. The van der Waals surface area contributed by atoms with Gasteiger partial charge >= 0.3 is 5.97 Å². The van der Waals surface area contributed by atoms with Gasteiger partial charge in [-0.25, -0.2) is 4.79 Å². The first-order chi connectivity index (χ1) is 6.84. The molecule has 1 N–H and O–H groups in total. The molecular weight excluding hydrogens is 180 g/mol. The van der Waals surface area contributed by atoms with Crippen LogP contribution in [0.1, 0.15) is 5.56 Å². The van der Waals surface area contributed by atoms with E-state index >= 15 is 0 Å². The first-order valence-electron chi connectivity index (χ1n) is 4.59. The maximum Gasteiger partial charge on any atom is 0.342 e. The minimum atomic E-state index is -0.224. The average molecular weight is 192 g/mol. The van der Waals surface area contributed by atoms with E-state index in [1.807, 2.05) is 18.2 Å². The van der Waals surface area contributed by atoms with Crippen LogP contribution < -0.4 is 5.59 Å². The van der Waals surface area contributed by atoms with E-state index in [9.17, 15) is 4.79 Å². The van der Waals surface area contributed by atoms with Gasteiger partial charge in [-0.1, -0.05) is 35.9 Å². The Morgan fingerprint density at radius 2 is 2.14 bits per heavy atom. The van der Waals surface area contributed by atoms with Gasteiger partial charge in [-0.2, -0.15) is 5.01 Å². The number of rotatable bonds is 3. The van der Waals surface area contributed by atoms with E-state index in [0.717, 1.165) is 13.0 Å². The first kappa shape index (κ1) is 9.18. The highest BCUT2D eigenvalue weighted by Crippen LogP contribution is 2.02. The van der Waals surface area contributed by atoms with E-state index in [-0.39, 0.29) is 5.97 Å². The van der Waals surface area contributed by atoms with E-state index in [4.69, 9.17) is 0 Å². The molecule has 1 aromatic rings. The highest BCUT2D eigenvalue weighted by Gasteiger charge is 2.19. The van der Waals surface area contributed by atoms with Gasteiger partial charge in [-0.3, -0.25) is 0 Å². The minimum Gasteiger partial charge on any atom is -0.354 e. The SMILES string of the molecule is O=C1CN(CCc2ccccc2)NO1. The summed E-state index contributed by atoms with van der Waals surface area (Å²) < 4.78 is 0. The number of hydrazine groups is 1. The highest BCUT2D eigenvalue weighted by molar-refractivity contribution is 5.72. The normalized spacial score (nSPS) is 17.0. The van der Waals surface area contributed by atoms with Crippen LogP contribution in [0.4, 0.5) is 0 Å². The Labute approximate surface area is 82.4 Å². The Morgan fingerprint density at radius 1 is 1.36 bits per heavy atom. The van der Waals surface area contributed by atoms with Gasteiger partial charge < -0.3 is 4.84 Å². The van der Waals surface area contributed by atoms with Gasteiger partial charge in [0.1, 0.15) is 6.54 Å². The number of benzene rings is 1. The van der Waals surface area contributed by atoms with Crippen LogP contribution in [0, 0.1) is 0 Å². The number of nitrogens with zero attached hydrogens (tertiary/aromatic N) is 1. The number of hydrogen-bond donors (Lipinski definition) is 1. The summed E-state index contributed by atoms with van der Waals surface area (Å²) in [4.78, 5) is 15.3. The molecule has 0 amide bonds. The molecule has 0 saturated carbocycles. The second-order valence-electron chi connectivity index (χ2n) is 3.22. The fourth-order valence-corrected chi connectivity index (χ4v) is 1.37. The third kappa shape index (κ3) is 2.31. The van der Waals surface area contributed by atoms with Crippen molar-refractivity contribution in [3.63, 3.8) is 0 Å². The van der Waals surface area contributed by atoms with E-state index in [0.29, 0.717) is 6.54 Å². The summed E-state index contributed by atoms with van der Waals surface area (Å²) in [6, 6.07) is 10.1. The highest BCUT2D eigenvalue weighted by atomic mass is 16.7. The lowest BCUT2D eigenvalue weighted by atomic mass is 10.1. The molecule has 2 rings (SSSR count). The molecule has 4 nitrogen and oxygen atoms in total. The van der Waals surface area contributed by atoms with Gasteiger partial charge in [-0.05, 0) is 12.0 Å². The monoisotopic (exact) mass is 192 g/mol. The van der Waals surface area contributed by atoms with Crippen LogP contribution in [-0.4, -0.2) is 24.1 Å². The van der Waals surface area contributed by atoms with Crippen LogP contribution in [0.3, 0.4) is 0 Å². The van der Waals surface area contributed by atoms with Crippen LogP contribution in [0.2, 0.25) is 0 Å². The number of hydrogen-bond acceptors (Lipinski definition) is 4. The minimum absolute atomic E-state index is 0.224. The molecular formula is C10H12N2O2. The van der Waals surface area contributed by atoms with Crippen LogP contribution in [0.25, 0.3) is 0 Å². The molecule has 1 aliphatic rings. The summed E-state index contributed by atoms with van der Waals surface area (Å²) in [5, 5.41) is 1.76. The number of nitrogens with one attached hydrogen (secondary N) is 1. The molecule has 1 fully saturated rings. The zero-order chi connectivity index (χ0) is 9.80. The van der Waals surface area contributed by atoms with E-state index in [1.54, 1.807) is 5.01 Å². The van der Waals surface area contributed by atoms with Crippen LogP contribution >= 0.6 is 0 Å². The van der Waals surface area contributed by atoms with Crippen LogP contribution in [0.5, 0.6) is 0 Å². The van der Waals surface area contributed by atoms with E-state index in [2.05, 4.69) is 22.6 Å². The molecule has 0 radical (unpaired) electrons. The lowest BCUT2D eigenvalue weighted by molar-refractivity contribution is -0.143. The topological polar surface area (TPSA) is 41.6 Å². The molecule has 0 unspecified atom stereocenters. The van der Waals surface area contributed by atoms with Crippen molar-refractivity contribution in [3.8, 4) is 0 Å². The van der Waals surface area contributed by atoms with Crippen molar-refractivity contribution in [1.82, 2.24) is 10.6 Å². The van der Waals surface area contributed by atoms with Gasteiger partial charge in [0.2, 0.25) is 0 Å². The van der Waals surface area contributed by atoms with Crippen molar-refractivity contribution in [3.05, 3.63) is 35.9 Å². The molecule has 74 valence electrons. The average Bonchev–Trinajstić information content (AvgIpc) is 2.63. The largest absolute Gasteiger partial charge is 0.354 e. The Bertz CT molecular complexity index is 313. The first-order valence-corrected chi connectivity index (χ1v) is 4.59. The molecule has 0 spiro atoms. The Kier molecular flexibility index (Phi) is 2.76. The van der Waals surface area contributed by atoms with E-state index in [1.165, 1.54) is 5.56 Å². The van der Waals surface area contributed by atoms with Crippen molar-refractivity contribution in [2.24, 2.45) is 0 Å². The third-order valence-electron chi connectivity index (χ3n) is 2.12. The maximum atomic E-state index is 10.7. The zero-order valence-corrected chi connectivity index (χ0v) is 7.77. The molecule has 14 heavy (non-hydrogen) atoms. The summed E-state index contributed by atoms with van der Waals surface area (Å²) in [5.41, 5.74) is 3.82. The Balaban J connectivity index is 1.80. The predicted octanol–water partition coefficient (Wildman–Crippen LogP) is 0.508. The standard InChI is InChI=1S/C10H12N2O2/c13-10-8-12(11-14-10)7-6-9-4-2-1-3-5-9/h1-5,11H,6-8H2. The third-order valence-corrected chi connectivity index (χ3v) is 2.12. The number of carbonyl (C=O) groups is 1. The second-order valence-corrected chi connectivity index (χ2v) is 3.22. The molecule has 1 heterocycles. The van der Waals surface area contributed by atoms with Crippen molar-refractivity contribution in [1.29, 1.82) is 0 Å². The van der Waals surface area contributed by atoms with Gasteiger partial charge in [-0.15, -0.1) is 0 Å². The fourth-order valence-electron chi connectivity index (χ4n) is 1.37. The Morgan fingerprint density at radius 3 is 2.79 bits per heavy atom. The van der Waals surface area contributed by atoms with Crippen LogP contribution in [0.15, 0.2) is 30.3 Å². The number of carbonyl (C=O) groups excluding carboxylic acids is 1. The molecule has 0 atom stereocenters. The molecule has 4 heteroatoms. The Hall–Kier alpha value is -1.39. The summed E-state index contributed by atoms with van der Waals surface area (Å²) in [7, 11) is 0.